The van der Waals surface area contributed by atoms with E-state index >= 15 is 0 Å². The Bertz CT molecular complexity index is 470. The summed E-state index contributed by atoms with van der Waals surface area (Å²) >= 11 is 0. The first-order valence-electron chi connectivity index (χ1n) is 7.03. The molecule has 1 unspecified atom stereocenters. The number of hydrogen-bond acceptors (Lipinski definition) is 2. The van der Waals surface area contributed by atoms with E-state index in [1.165, 1.54) is 0 Å². The smallest absolute Gasteiger partial charge is 0.161 e. The van der Waals surface area contributed by atoms with Gasteiger partial charge in [0.25, 0.3) is 0 Å². The Labute approximate surface area is 116 Å². The van der Waals surface area contributed by atoms with Crippen LogP contribution in [0.1, 0.15) is 50.2 Å². The van der Waals surface area contributed by atoms with Gasteiger partial charge in [0.2, 0.25) is 0 Å². The number of rotatable bonds is 3. The SMILES string of the molecule is NCC1(C(O)c2cc(F)c(F)cc2F)CCCCCC1. The Hall–Kier alpha value is -1.07. The van der Waals surface area contributed by atoms with Crippen LogP contribution in [-0.2, 0) is 0 Å². The Kier molecular flexibility index (Phi) is 4.70. The Balaban J connectivity index is 2.37. The third-order valence-electron chi connectivity index (χ3n) is 4.42. The van der Waals surface area contributed by atoms with Gasteiger partial charge in [-0.15, -0.1) is 0 Å². The summed E-state index contributed by atoms with van der Waals surface area (Å²) in [6.45, 7) is 0.201. The maximum Gasteiger partial charge on any atom is 0.161 e. The highest BCUT2D eigenvalue weighted by molar-refractivity contribution is 5.24. The number of aliphatic hydroxyl groups excluding tert-OH is 1. The molecule has 1 atom stereocenters. The van der Waals surface area contributed by atoms with Crippen LogP contribution in [0.2, 0.25) is 0 Å². The topological polar surface area (TPSA) is 46.2 Å². The Morgan fingerprint density at radius 3 is 2.10 bits per heavy atom. The average molecular weight is 287 g/mol. The summed E-state index contributed by atoms with van der Waals surface area (Å²) in [7, 11) is 0. The monoisotopic (exact) mass is 287 g/mol. The summed E-state index contributed by atoms with van der Waals surface area (Å²) in [5.74, 6) is -3.32. The lowest BCUT2D eigenvalue weighted by atomic mass is 9.73. The van der Waals surface area contributed by atoms with Gasteiger partial charge in [-0.2, -0.15) is 0 Å². The zero-order chi connectivity index (χ0) is 14.8. The van der Waals surface area contributed by atoms with Gasteiger partial charge in [0.1, 0.15) is 5.82 Å². The molecule has 0 amide bonds. The van der Waals surface area contributed by atoms with Gasteiger partial charge in [0.15, 0.2) is 11.6 Å². The molecule has 0 aliphatic heterocycles. The van der Waals surface area contributed by atoms with Crippen LogP contribution in [0.25, 0.3) is 0 Å². The van der Waals surface area contributed by atoms with E-state index in [-0.39, 0.29) is 12.1 Å². The minimum Gasteiger partial charge on any atom is -0.388 e. The quantitative estimate of drug-likeness (QED) is 0.661. The van der Waals surface area contributed by atoms with Crippen LogP contribution in [0.4, 0.5) is 13.2 Å². The lowest BCUT2D eigenvalue weighted by Gasteiger charge is -2.36. The molecule has 1 aliphatic rings. The molecule has 1 saturated carbocycles. The van der Waals surface area contributed by atoms with E-state index < -0.39 is 29.0 Å². The van der Waals surface area contributed by atoms with Crippen molar-refractivity contribution in [3.8, 4) is 0 Å². The van der Waals surface area contributed by atoms with Gasteiger partial charge in [0.05, 0.1) is 6.10 Å². The molecule has 3 N–H and O–H groups in total. The standard InChI is InChI=1S/C15H20F3NO/c16-11-8-13(18)12(17)7-10(11)14(20)15(9-19)5-3-1-2-4-6-15/h7-8,14,20H,1-6,9,19H2. The number of benzene rings is 1. The largest absolute Gasteiger partial charge is 0.388 e. The van der Waals surface area contributed by atoms with Gasteiger partial charge in [0, 0.05) is 23.6 Å². The summed E-state index contributed by atoms with van der Waals surface area (Å²) in [5, 5.41) is 10.5. The minimum absolute atomic E-state index is 0.198. The third kappa shape index (κ3) is 2.83. The lowest BCUT2D eigenvalue weighted by Crippen LogP contribution is -2.37. The van der Waals surface area contributed by atoms with Gasteiger partial charge >= 0.3 is 0 Å². The number of hydrogen-bond donors (Lipinski definition) is 2. The molecule has 1 aromatic carbocycles. The van der Waals surface area contributed by atoms with Crippen LogP contribution in [0, 0.1) is 22.9 Å². The molecule has 2 rings (SSSR count). The minimum atomic E-state index is -1.25. The van der Waals surface area contributed by atoms with Crippen molar-refractivity contribution in [2.75, 3.05) is 6.54 Å². The summed E-state index contributed by atoms with van der Waals surface area (Å²) < 4.78 is 40.1. The van der Waals surface area contributed by atoms with Crippen molar-refractivity contribution >= 4 is 0 Å². The molecule has 0 spiro atoms. The van der Waals surface area contributed by atoms with E-state index in [0.717, 1.165) is 31.7 Å². The first kappa shape index (κ1) is 15.3. The maximum atomic E-state index is 13.8. The van der Waals surface area contributed by atoms with E-state index in [4.69, 9.17) is 5.73 Å². The summed E-state index contributed by atoms with van der Waals surface area (Å²) in [5.41, 5.74) is 4.96. The van der Waals surface area contributed by atoms with Crippen molar-refractivity contribution in [3.05, 3.63) is 35.1 Å². The van der Waals surface area contributed by atoms with E-state index in [9.17, 15) is 18.3 Å². The van der Waals surface area contributed by atoms with E-state index in [0.29, 0.717) is 18.9 Å². The molecule has 0 saturated heterocycles. The first-order chi connectivity index (χ1) is 9.50. The zero-order valence-corrected chi connectivity index (χ0v) is 11.3. The predicted molar refractivity (Wildman–Crippen MR) is 70.5 cm³/mol. The van der Waals surface area contributed by atoms with Crippen LogP contribution in [0.15, 0.2) is 12.1 Å². The van der Waals surface area contributed by atoms with Gasteiger partial charge in [-0.3, -0.25) is 0 Å². The maximum absolute atomic E-state index is 13.8. The molecule has 5 heteroatoms. The van der Waals surface area contributed by atoms with Crippen molar-refractivity contribution in [2.45, 2.75) is 44.6 Å². The molecular weight excluding hydrogens is 267 g/mol. The van der Waals surface area contributed by atoms with Crippen LogP contribution >= 0.6 is 0 Å². The second-order valence-corrected chi connectivity index (χ2v) is 5.67. The molecule has 20 heavy (non-hydrogen) atoms. The molecule has 1 fully saturated rings. The van der Waals surface area contributed by atoms with Gasteiger partial charge in [-0.05, 0) is 18.9 Å². The Morgan fingerprint density at radius 2 is 1.55 bits per heavy atom. The lowest BCUT2D eigenvalue weighted by molar-refractivity contribution is 0.0138. The predicted octanol–water partition coefficient (Wildman–Crippen LogP) is 3.44. The summed E-state index contributed by atoms with van der Waals surface area (Å²) in [6.07, 6.45) is 4.04. The van der Waals surface area contributed by atoms with Gasteiger partial charge < -0.3 is 10.8 Å². The summed E-state index contributed by atoms with van der Waals surface area (Å²) in [6, 6.07) is 1.23. The molecule has 2 nitrogen and oxygen atoms in total. The molecule has 0 heterocycles. The summed E-state index contributed by atoms with van der Waals surface area (Å²) in [4.78, 5) is 0. The van der Waals surface area contributed by atoms with Gasteiger partial charge in [-0.25, -0.2) is 13.2 Å². The molecule has 0 bridgehead atoms. The van der Waals surface area contributed by atoms with Crippen molar-refractivity contribution in [1.29, 1.82) is 0 Å². The highest BCUT2D eigenvalue weighted by Crippen LogP contribution is 2.45. The second-order valence-electron chi connectivity index (χ2n) is 5.67. The fourth-order valence-electron chi connectivity index (χ4n) is 3.10. The van der Waals surface area contributed by atoms with E-state index in [1.54, 1.807) is 0 Å². The van der Waals surface area contributed by atoms with Crippen molar-refractivity contribution < 1.29 is 18.3 Å². The fourth-order valence-corrected chi connectivity index (χ4v) is 3.10. The van der Waals surface area contributed by atoms with Crippen LogP contribution < -0.4 is 5.73 Å². The zero-order valence-electron chi connectivity index (χ0n) is 11.3. The fraction of sp³-hybridized carbons (Fsp3) is 0.600. The first-order valence-corrected chi connectivity index (χ1v) is 7.03. The van der Waals surface area contributed by atoms with Crippen LogP contribution in [0.5, 0.6) is 0 Å². The molecule has 112 valence electrons. The number of aliphatic hydroxyl groups is 1. The van der Waals surface area contributed by atoms with E-state index in [2.05, 4.69) is 0 Å². The van der Waals surface area contributed by atoms with Crippen molar-refractivity contribution in [3.63, 3.8) is 0 Å². The van der Waals surface area contributed by atoms with Crippen LogP contribution in [-0.4, -0.2) is 11.7 Å². The molecular formula is C15H20F3NO. The van der Waals surface area contributed by atoms with Crippen LogP contribution in [0.3, 0.4) is 0 Å². The highest BCUT2D eigenvalue weighted by Gasteiger charge is 2.39. The number of halogens is 3. The highest BCUT2D eigenvalue weighted by atomic mass is 19.2. The molecule has 0 aromatic heterocycles. The number of nitrogens with two attached hydrogens (primary N) is 1. The van der Waals surface area contributed by atoms with E-state index in [1.807, 2.05) is 0 Å². The Morgan fingerprint density at radius 1 is 1.00 bits per heavy atom. The molecule has 1 aliphatic carbocycles. The molecule has 0 radical (unpaired) electrons. The normalized spacial score (nSPS) is 20.4. The average Bonchev–Trinajstić information content (AvgIpc) is 2.68. The van der Waals surface area contributed by atoms with Crippen molar-refractivity contribution in [1.82, 2.24) is 0 Å². The van der Waals surface area contributed by atoms with Crippen molar-refractivity contribution in [2.24, 2.45) is 11.1 Å². The molecule has 1 aromatic rings. The second kappa shape index (κ2) is 6.14. The third-order valence-corrected chi connectivity index (χ3v) is 4.42. The van der Waals surface area contributed by atoms with Gasteiger partial charge in [-0.1, -0.05) is 25.7 Å².